The lowest BCUT2D eigenvalue weighted by Gasteiger charge is -2.12. The van der Waals surface area contributed by atoms with Gasteiger partial charge in [0.25, 0.3) is 5.91 Å². The van der Waals surface area contributed by atoms with Crippen molar-refractivity contribution in [3.63, 3.8) is 0 Å². The quantitative estimate of drug-likeness (QED) is 0.667. The molecule has 0 unspecified atom stereocenters. The van der Waals surface area contributed by atoms with E-state index in [0.717, 1.165) is 28.4 Å². The van der Waals surface area contributed by atoms with Crippen LogP contribution in [0, 0.1) is 0 Å². The maximum Gasteiger partial charge on any atom is 0.339 e. The highest BCUT2D eigenvalue weighted by Gasteiger charge is 2.15. The zero-order valence-corrected chi connectivity index (χ0v) is 15.3. The molecule has 3 aromatic rings. The number of hydrogen-bond donors (Lipinski definition) is 1. The second-order valence-corrected chi connectivity index (χ2v) is 6.00. The highest BCUT2D eigenvalue weighted by molar-refractivity contribution is 6.07. The van der Waals surface area contributed by atoms with Crippen LogP contribution in [0.5, 0.6) is 5.75 Å². The fourth-order valence-electron chi connectivity index (χ4n) is 2.97. The molecule has 5 nitrogen and oxygen atoms in total. The lowest BCUT2D eigenvalue weighted by Crippen LogP contribution is -2.21. The van der Waals surface area contributed by atoms with Gasteiger partial charge in [-0.15, -0.1) is 0 Å². The Morgan fingerprint density at radius 2 is 1.63 bits per heavy atom. The molecule has 0 aromatic heterocycles. The van der Waals surface area contributed by atoms with Crippen LogP contribution >= 0.6 is 0 Å². The van der Waals surface area contributed by atoms with Crippen LogP contribution in [0.2, 0.25) is 0 Å². The average Bonchev–Trinajstić information content (AvgIpc) is 2.71. The number of amides is 1. The SMILES string of the molecule is CCc1ccccc1NC(=O)COC(=O)c1ccc(OC)c2ccccc12. The summed E-state index contributed by atoms with van der Waals surface area (Å²) in [7, 11) is 1.58. The van der Waals surface area contributed by atoms with Crippen LogP contribution in [0.3, 0.4) is 0 Å². The summed E-state index contributed by atoms with van der Waals surface area (Å²) < 4.78 is 10.6. The predicted molar refractivity (Wildman–Crippen MR) is 105 cm³/mol. The Kier molecular flexibility index (Phi) is 5.71. The number of hydrogen-bond acceptors (Lipinski definition) is 4. The third-order valence-corrected chi connectivity index (χ3v) is 4.33. The van der Waals surface area contributed by atoms with Crippen molar-refractivity contribution in [2.75, 3.05) is 19.0 Å². The number of fused-ring (bicyclic) bond motifs is 1. The summed E-state index contributed by atoms with van der Waals surface area (Å²) in [5.74, 6) is -0.245. The molecule has 5 heteroatoms. The van der Waals surface area contributed by atoms with Crippen LogP contribution in [0.1, 0.15) is 22.8 Å². The van der Waals surface area contributed by atoms with Crippen molar-refractivity contribution in [1.82, 2.24) is 0 Å². The molecule has 0 aliphatic rings. The number of ether oxygens (including phenoxy) is 2. The molecule has 27 heavy (non-hydrogen) atoms. The van der Waals surface area contributed by atoms with Gasteiger partial charge in [0.15, 0.2) is 6.61 Å². The van der Waals surface area contributed by atoms with Gasteiger partial charge in [-0.1, -0.05) is 49.4 Å². The van der Waals surface area contributed by atoms with E-state index in [1.807, 2.05) is 55.5 Å². The highest BCUT2D eigenvalue weighted by Crippen LogP contribution is 2.28. The maximum absolute atomic E-state index is 12.5. The first-order chi connectivity index (χ1) is 13.1. The summed E-state index contributed by atoms with van der Waals surface area (Å²) in [5.41, 5.74) is 2.16. The molecule has 3 aromatic carbocycles. The van der Waals surface area contributed by atoms with Crippen molar-refractivity contribution in [2.45, 2.75) is 13.3 Å². The van der Waals surface area contributed by atoms with E-state index in [0.29, 0.717) is 11.3 Å². The first kappa shape index (κ1) is 18.5. The average molecular weight is 363 g/mol. The number of rotatable bonds is 6. The molecule has 138 valence electrons. The van der Waals surface area contributed by atoms with Crippen molar-refractivity contribution < 1.29 is 19.1 Å². The lowest BCUT2D eigenvalue weighted by atomic mass is 10.0. The fraction of sp³-hybridized carbons (Fsp3) is 0.182. The monoisotopic (exact) mass is 363 g/mol. The van der Waals surface area contributed by atoms with Crippen molar-refractivity contribution in [3.8, 4) is 5.75 Å². The lowest BCUT2D eigenvalue weighted by molar-refractivity contribution is -0.119. The Bertz CT molecular complexity index is 981. The van der Waals surface area contributed by atoms with E-state index >= 15 is 0 Å². The summed E-state index contributed by atoms with van der Waals surface area (Å²) in [5, 5.41) is 4.32. The molecule has 0 radical (unpaired) electrons. The first-order valence-corrected chi connectivity index (χ1v) is 8.74. The standard InChI is InChI=1S/C22H21NO4/c1-3-15-8-4-7-11-19(15)23-21(24)14-27-22(25)18-12-13-20(26-2)17-10-6-5-9-16(17)18/h4-13H,3,14H2,1-2H3,(H,23,24). The van der Waals surface area contributed by atoms with Crippen LogP contribution in [0.4, 0.5) is 5.69 Å². The Morgan fingerprint density at radius 3 is 2.37 bits per heavy atom. The number of carbonyl (C=O) groups is 2. The molecule has 0 aliphatic heterocycles. The van der Waals surface area contributed by atoms with E-state index in [4.69, 9.17) is 9.47 Å². The number of carbonyl (C=O) groups excluding carboxylic acids is 2. The zero-order valence-electron chi connectivity index (χ0n) is 15.3. The minimum Gasteiger partial charge on any atom is -0.496 e. The van der Waals surface area contributed by atoms with Gasteiger partial charge < -0.3 is 14.8 Å². The summed E-state index contributed by atoms with van der Waals surface area (Å²) in [4.78, 5) is 24.7. The van der Waals surface area contributed by atoms with E-state index in [1.54, 1.807) is 19.2 Å². The Labute approximate surface area is 157 Å². The van der Waals surface area contributed by atoms with E-state index in [2.05, 4.69) is 5.32 Å². The van der Waals surface area contributed by atoms with Gasteiger partial charge in [-0.3, -0.25) is 4.79 Å². The number of para-hydroxylation sites is 1. The second kappa shape index (κ2) is 8.36. The molecule has 0 spiro atoms. The fourth-order valence-corrected chi connectivity index (χ4v) is 2.97. The van der Waals surface area contributed by atoms with Gasteiger partial charge in [-0.05, 0) is 35.6 Å². The van der Waals surface area contributed by atoms with Gasteiger partial charge in [-0.2, -0.15) is 0 Å². The number of methoxy groups -OCH3 is 1. The van der Waals surface area contributed by atoms with Gasteiger partial charge in [0, 0.05) is 11.1 Å². The van der Waals surface area contributed by atoms with Crippen molar-refractivity contribution >= 4 is 28.3 Å². The van der Waals surface area contributed by atoms with E-state index in [1.165, 1.54) is 0 Å². The van der Waals surface area contributed by atoms with E-state index in [9.17, 15) is 9.59 Å². The van der Waals surface area contributed by atoms with Crippen molar-refractivity contribution in [1.29, 1.82) is 0 Å². The first-order valence-electron chi connectivity index (χ1n) is 8.74. The van der Waals surface area contributed by atoms with Gasteiger partial charge in [0.2, 0.25) is 0 Å². The smallest absolute Gasteiger partial charge is 0.339 e. The Balaban J connectivity index is 1.71. The van der Waals surface area contributed by atoms with Crippen LogP contribution in [-0.2, 0) is 16.0 Å². The third-order valence-electron chi connectivity index (χ3n) is 4.33. The number of aryl methyl sites for hydroxylation is 1. The summed E-state index contributed by atoms with van der Waals surface area (Å²) >= 11 is 0. The topological polar surface area (TPSA) is 64.6 Å². The molecule has 0 heterocycles. The summed E-state index contributed by atoms with van der Waals surface area (Å²) in [6.45, 7) is 1.66. The molecular weight excluding hydrogens is 342 g/mol. The van der Waals surface area contributed by atoms with Crippen LogP contribution in [0.25, 0.3) is 10.8 Å². The van der Waals surface area contributed by atoms with E-state index in [-0.39, 0.29) is 12.5 Å². The van der Waals surface area contributed by atoms with Gasteiger partial charge in [0.05, 0.1) is 12.7 Å². The van der Waals surface area contributed by atoms with Crippen LogP contribution < -0.4 is 10.1 Å². The Hall–Kier alpha value is -3.34. The molecule has 0 atom stereocenters. The molecule has 0 bridgehead atoms. The summed E-state index contributed by atoms with van der Waals surface area (Å²) in [6, 6.07) is 18.3. The molecule has 0 fully saturated rings. The van der Waals surface area contributed by atoms with Crippen molar-refractivity contribution in [2.24, 2.45) is 0 Å². The van der Waals surface area contributed by atoms with Crippen LogP contribution in [0.15, 0.2) is 60.7 Å². The second-order valence-electron chi connectivity index (χ2n) is 6.00. The summed E-state index contributed by atoms with van der Waals surface area (Å²) in [6.07, 6.45) is 0.800. The largest absolute Gasteiger partial charge is 0.496 e. The molecule has 0 aliphatic carbocycles. The highest BCUT2D eigenvalue weighted by atomic mass is 16.5. The number of esters is 1. The molecule has 3 rings (SSSR count). The van der Waals surface area contributed by atoms with Gasteiger partial charge in [0.1, 0.15) is 5.75 Å². The molecule has 0 saturated carbocycles. The Morgan fingerprint density at radius 1 is 0.926 bits per heavy atom. The van der Waals surface area contributed by atoms with Crippen molar-refractivity contribution in [3.05, 3.63) is 71.8 Å². The predicted octanol–water partition coefficient (Wildman–Crippen LogP) is 4.21. The molecule has 0 saturated heterocycles. The van der Waals surface area contributed by atoms with Crippen LogP contribution in [-0.4, -0.2) is 25.6 Å². The molecular formula is C22H21NO4. The number of nitrogens with one attached hydrogen (secondary N) is 1. The minimum absolute atomic E-state index is 0.350. The number of benzene rings is 3. The zero-order chi connectivity index (χ0) is 19.2. The maximum atomic E-state index is 12.5. The molecule has 1 N–H and O–H groups in total. The third kappa shape index (κ3) is 4.08. The molecule has 1 amide bonds. The normalized spacial score (nSPS) is 10.4. The van der Waals surface area contributed by atoms with Gasteiger partial charge in [-0.25, -0.2) is 4.79 Å². The minimum atomic E-state index is -0.548. The van der Waals surface area contributed by atoms with E-state index < -0.39 is 5.97 Å². The number of anilines is 1. The van der Waals surface area contributed by atoms with Gasteiger partial charge >= 0.3 is 5.97 Å².